The molecule has 0 unspecified atom stereocenters. The average molecular weight is 330 g/mol. The maximum Gasteiger partial charge on any atom is 0.266 e. The maximum atomic E-state index is 12.3. The lowest BCUT2D eigenvalue weighted by Crippen LogP contribution is -2.54. The van der Waals surface area contributed by atoms with Gasteiger partial charge in [-0.15, -0.1) is 6.58 Å². The van der Waals surface area contributed by atoms with Gasteiger partial charge in [-0.25, -0.2) is 0 Å². The Morgan fingerprint density at radius 1 is 1.35 bits per heavy atom. The van der Waals surface area contributed by atoms with Crippen molar-refractivity contribution >= 4 is 34.9 Å². The Morgan fingerprint density at radius 2 is 2.00 bits per heavy atom. The Bertz CT molecular complexity index is 722. The van der Waals surface area contributed by atoms with E-state index in [0.717, 1.165) is 11.0 Å². The second-order valence-corrected chi connectivity index (χ2v) is 5.00. The van der Waals surface area contributed by atoms with Gasteiger partial charge in [0.15, 0.2) is 10.9 Å². The molecule has 23 heavy (non-hydrogen) atoms. The molecule has 0 aliphatic carbocycles. The zero-order chi connectivity index (χ0) is 17.0. The van der Waals surface area contributed by atoms with Gasteiger partial charge >= 0.3 is 0 Å². The van der Waals surface area contributed by atoms with Gasteiger partial charge in [0.1, 0.15) is 11.3 Å². The second kappa shape index (κ2) is 6.97. The van der Waals surface area contributed by atoms with Crippen molar-refractivity contribution in [2.75, 3.05) is 13.7 Å². The van der Waals surface area contributed by atoms with Crippen LogP contribution in [0.5, 0.6) is 5.75 Å². The van der Waals surface area contributed by atoms with Crippen LogP contribution in [-0.4, -0.2) is 41.3 Å². The number of carbonyl (C=O) groups is 3. The van der Waals surface area contributed by atoms with E-state index in [4.69, 9.17) is 17.0 Å². The van der Waals surface area contributed by atoms with E-state index in [-0.39, 0.29) is 17.2 Å². The Labute approximate surface area is 138 Å². The molecule has 0 radical (unpaired) electrons. The molecule has 1 aromatic rings. The van der Waals surface area contributed by atoms with Crippen molar-refractivity contribution in [3.63, 3.8) is 0 Å². The molecule has 0 bridgehead atoms. The maximum absolute atomic E-state index is 12.3. The summed E-state index contributed by atoms with van der Waals surface area (Å²) in [6.45, 7) is 3.67. The number of thiocarbonyl (C=S) groups is 1. The van der Waals surface area contributed by atoms with E-state index in [2.05, 4.69) is 11.9 Å². The first-order valence-electron chi connectivity index (χ1n) is 6.66. The highest BCUT2D eigenvalue weighted by Crippen LogP contribution is 2.15. The third-order valence-electron chi connectivity index (χ3n) is 3.15. The zero-order valence-electron chi connectivity index (χ0n) is 12.4. The quantitative estimate of drug-likeness (QED) is 0.289. The molecular formula is C16H14N2O4S. The third-order valence-corrected chi connectivity index (χ3v) is 3.47. The van der Waals surface area contributed by atoms with Crippen LogP contribution in [0.2, 0.25) is 0 Å². The van der Waals surface area contributed by atoms with Crippen LogP contribution in [0.25, 0.3) is 0 Å². The average Bonchev–Trinajstić information content (AvgIpc) is 2.55. The number of hydrogen-bond donors (Lipinski definition) is 1. The summed E-state index contributed by atoms with van der Waals surface area (Å²) in [6.07, 6.45) is 2.49. The molecule has 6 nitrogen and oxygen atoms in total. The number of carbonyl (C=O) groups excluding carboxylic acids is 3. The number of nitrogens with zero attached hydrogens (tertiary/aromatic N) is 1. The molecule has 1 saturated heterocycles. The number of ketones is 1. The summed E-state index contributed by atoms with van der Waals surface area (Å²) in [5, 5.41) is 2.37. The molecule has 0 aromatic heterocycles. The minimum Gasteiger partial charge on any atom is -0.497 e. The third kappa shape index (κ3) is 3.51. The molecule has 2 amide bonds. The van der Waals surface area contributed by atoms with Crippen LogP contribution in [0.4, 0.5) is 0 Å². The first-order valence-corrected chi connectivity index (χ1v) is 7.07. The molecule has 1 fully saturated rings. The lowest BCUT2D eigenvalue weighted by atomic mass is 10.1. The summed E-state index contributed by atoms with van der Waals surface area (Å²) in [5.41, 5.74) is 0.0728. The van der Waals surface area contributed by atoms with Crippen molar-refractivity contribution in [2.45, 2.75) is 0 Å². The number of ether oxygens (including phenoxy) is 1. The molecule has 0 saturated carbocycles. The van der Waals surface area contributed by atoms with Crippen molar-refractivity contribution in [1.82, 2.24) is 10.2 Å². The van der Waals surface area contributed by atoms with Crippen molar-refractivity contribution in [3.05, 3.63) is 54.1 Å². The molecule has 1 N–H and O–H groups in total. The summed E-state index contributed by atoms with van der Waals surface area (Å²) < 4.78 is 5.01. The van der Waals surface area contributed by atoms with Crippen LogP contribution < -0.4 is 10.1 Å². The van der Waals surface area contributed by atoms with Crippen LogP contribution in [0.3, 0.4) is 0 Å². The molecular weight excluding hydrogens is 316 g/mol. The van der Waals surface area contributed by atoms with E-state index in [1.165, 1.54) is 13.2 Å². The van der Waals surface area contributed by atoms with Crippen LogP contribution in [-0.2, 0) is 9.59 Å². The molecule has 7 heteroatoms. The van der Waals surface area contributed by atoms with E-state index in [0.29, 0.717) is 11.3 Å². The SMILES string of the molecule is C=CCN1C(=O)/C(=C/C(=O)c2ccc(OC)cc2)C(=O)NC1=S. The summed E-state index contributed by atoms with van der Waals surface area (Å²) in [7, 11) is 1.51. The smallest absolute Gasteiger partial charge is 0.266 e. The van der Waals surface area contributed by atoms with Crippen molar-refractivity contribution < 1.29 is 19.1 Å². The van der Waals surface area contributed by atoms with Gasteiger partial charge in [0.05, 0.1) is 7.11 Å². The van der Waals surface area contributed by atoms with Gasteiger partial charge in [0.2, 0.25) is 0 Å². The van der Waals surface area contributed by atoms with E-state index in [1.54, 1.807) is 24.3 Å². The van der Waals surface area contributed by atoms with Crippen molar-refractivity contribution in [3.8, 4) is 5.75 Å². The first kappa shape index (κ1) is 16.6. The minimum absolute atomic E-state index is 0.00561. The summed E-state index contributed by atoms with van der Waals surface area (Å²) in [4.78, 5) is 37.6. The van der Waals surface area contributed by atoms with Crippen LogP contribution in [0.15, 0.2) is 48.6 Å². The summed E-state index contributed by atoms with van der Waals surface area (Å²) in [5.74, 6) is -1.18. The Kier molecular flexibility index (Phi) is 5.02. The van der Waals surface area contributed by atoms with E-state index < -0.39 is 17.6 Å². The van der Waals surface area contributed by atoms with E-state index in [1.807, 2.05) is 0 Å². The number of benzene rings is 1. The number of nitrogens with one attached hydrogen (secondary N) is 1. The highest BCUT2D eigenvalue weighted by atomic mass is 32.1. The normalized spacial score (nSPS) is 16.3. The van der Waals surface area contributed by atoms with Gasteiger partial charge in [-0.1, -0.05) is 6.08 Å². The van der Waals surface area contributed by atoms with Gasteiger partial charge in [-0.3, -0.25) is 24.6 Å². The van der Waals surface area contributed by atoms with Gasteiger partial charge in [0, 0.05) is 18.2 Å². The summed E-state index contributed by atoms with van der Waals surface area (Å²) >= 11 is 4.93. The van der Waals surface area contributed by atoms with Gasteiger partial charge in [-0.2, -0.15) is 0 Å². The van der Waals surface area contributed by atoms with E-state index in [9.17, 15) is 14.4 Å². The predicted molar refractivity (Wildman–Crippen MR) is 88.1 cm³/mol. The number of allylic oxidation sites excluding steroid dienone is 1. The number of amides is 2. The molecule has 1 aliphatic rings. The standard InChI is InChI=1S/C16H14N2O4S/c1-3-8-18-15(21)12(14(20)17-16(18)23)9-13(19)10-4-6-11(22-2)7-5-10/h3-7,9H,1,8H2,2H3,(H,17,20,23)/b12-9+. The molecule has 0 atom stereocenters. The highest BCUT2D eigenvalue weighted by Gasteiger charge is 2.33. The number of methoxy groups -OCH3 is 1. The molecule has 1 heterocycles. The second-order valence-electron chi connectivity index (χ2n) is 4.61. The lowest BCUT2D eigenvalue weighted by Gasteiger charge is -2.27. The molecule has 2 rings (SSSR count). The zero-order valence-corrected chi connectivity index (χ0v) is 13.2. The fraction of sp³-hybridized carbons (Fsp3) is 0.125. The number of hydrogen-bond acceptors (Lipinski definition) is 5. The van der Waals surface area contributed by atoms with Gasteiger partial charge < -0.3 is 4.74 Å². The topological polar surface area (TPSA) is 75.7 Å². The summed E-state index contributed by atoms with van der Waals surface area (Å²) in [6, 6.07) is 6.34. The predicted octanol–water partition coefficient (Wildman–Crippen LogP) is 1.23. The van der Waals surface area contributed by atoms with Crippen molar-refractivity contribution in [2.24, 2.45) is 0 Å². The fourth-order valence-corrected chi connectivity index (χ4v) is 2.21. The van der Waals surface area contributed by atoms with Crippen LogP contribution in [0.1, 0.15) is 10.4 Å². The highest BCUT2D eigenvalue weighted by molar-refractivity contribution is 7.80. The Morgan fingerprint density at radius 3 is 2.57 bits per heavy atom. The molecule has 1 aliphatic heterocycles. The molecule has 0 spiro atoms. The Balaban J connectivity index is 2.29. The van der Waals surface area contributed by atoms with Crippen LogP contribution >= 0.6 is 12.2 Å². The first-order chi connectivity index (χ1) is 11.0. The number of rotatable bonds is 5. The van der Waals surface area contributed by atoms with Gasteiger partial charge in [0.25, 0.3) is 11.8 Å². The van der Waals surface area contributed by atoms with Crippen molar-refractivity contribution in [1.29, 1.82) is 0 Å². The Hall–Kier alpha value is -2.80. The lowest BCUT2D eigenvalue weighted by molar-refractivity contribution is -0.128. The van der Waals surface area contributed by atoms with Gasteiger partial charge in [-0.05, 0) is 36.5 Å². The molecule has 118 valence electrons. The van der Waals surface area contributed by atoms with Crippen LogP contribution in [0, 0.1) is 0 Å². The minimum atomic E-state index is -0.692. The van der Waals surface area contributed by atoms with E-state index >= 15 is 0 Å². The fourth-order valence-electron chi connectivity index (χ4n) is 1.96. The molecule has 1 aromatic carbocycles. The monoisotopic (exact) mass is 330 g/mol. The largest absolute Gasteiger partial charge is 0.497 e.